The maximum absolute atomic E-state index is 12.1. The number of aryl methyl sites for hydroxylation is 2. The van der Waals surface area contributed by atoms with Crippen molar-refractivity contribution in [3.05, 3.63) is 80.8 Å². The number of nitrogens with zero attached hydrogens (tertiary/aromatic N) is 3. The summed E-state index contributed by atoms with van der Waals surface area (Å²) in [4.78, 5) is 16.0. The third kappa shape index (κ3) is 3.71. The molecule has 2 heterocycles. The minimum absolute atomic E-state index is 0.270. The van der Waals surface area contributed by atoms with E-state index in [1.54, 1.807) is 30.7 Å². The molecule has 0 aliphatic rings. The number of carbonyl (C=O) groups excluding carboxylic acids is 1. The molecule has 138 valence electrons. The molecule has 3 aromatic rings. The number of nitrogens with one attached hydrogen (secondary N) is 1. The second-order valence-corrected chi connectivity index (χ2v) is 7.20. The highest BCUT2D eigenvalue weighted by Crippen LogP contribution is 2.32. The lowest BCUT2D eigenvalue weighted by Crippen LogP contribution is -2.17. The van der Waals surface area contributed by atoms with Crippen molar-refractivity contribution in [1.82, 2.24) is 15.0 Å². The largest absolute Gasteiger partial charge is 0.316 e. The number of amides is 1. The Hall–Kier alpha value is -2.73. The first-order valence-corrected chi connectivity index (χ1v) is 9.38. The van der Waals surface area contributed by atoms with Crippen LogP contribution in [0, 0.1) is 27.7 Å². The van der Waals surface area contributed by atoms with Crippen LogP contribution in [0.1, 0.15) is 38.4 Å². The Morgan fingerprint density at radius 3 is 2.33 bits per heavy atom. The number of hydrogen-bond acceptors (Lipinski definition) is 3. The lowest BCUT2D eigenvalue weighted by atomic mass is 10.1. The van der Waals surface area contributed by atoms with E-state index in [4.69, 9.17) is 0 Å². The lowest BCUT2D eigenvalue weighted by Gasteiger charge is -2.15. The molecule has 0 atom stereocenters. The number of hydrogen-bond donors (Lipinski definition) is 1. The molecule has 27 heavy (non-hydrogen) atoms. The van der Waals surface area contributed by atoms with Crippen LogP contribution in [0.4, 0.5) is 0 Å². The number of para-hydroxylation sites is 1. The number of carbonyl (C=O) groups is 1. The number of rotatable bonds is 4. The molecule has 2 aromatic heterocycles. The van der Waals surface area contributed by atoms with Gasteiger partial charge >= 0.3 is 0 Å². The molecule has 6 heteroatoms. The predicted molar refractivity (Wildman–Crippen MR) is 112 cm³/mol. The fourth-order valence-corrected chi connectivity index (χ4v) is 3.76. The lowest BCUT2D eigenvalue weighted by molar-refractivity contribution is 0.0955. The second kappa shape index (κ2) is 7.88. The molecule has 1 amide bonds. The zero-order valence-corrected chi connectivity index (χ0v) is 17.3. The molecular weight excluding hydrogens is 404 g/mol. The van der Waals surface area contributed by atoms with E-state index in [0.717, 1.165) is 21.4 Å². The summed E-state index contributed by atoms with van der Waals surface area (Å²) in [5.41, 5.74) is 9.75. The Balaban J connectivity index is 1.93. The van der Waals surface area contributed by atoms with Gasteiger partial charge in [-0.3, -0.25) is 9.78 Å². The molecule has 0 aliphatic carbocycles. The van der Waals surface area contributed by atoms with Crippen molar-refractivity contribution in [3.8, 4) is 5.69 Å². The van der Waals surface area contributed by atoms with Crippen LogP contribution in [0.5, 0.6) is 0 Å². The average Bonchev–Trinajstić information content (AvgIpc) is 2.86. The Morgan fingerprint density at radius 1 is 1.07 bits per heavy atom. The van der Waals surface area contributed by atoms with Crippen molar-refractivity contribution in [1.29, 1.82) is 0 Å². The Kier molecular flexibility index (Phi) is 5.56. The van der Waals surface area contributed by atoms with Crippen molar-refractivity contribution in [2.45, 2.75) is 27.7 Å². The first-order chi connectivity index (χ1) is 12.9. The van der Waals surface area contributed by atoms with E-state index < -0.39 is 0 Å². The summed E-state index contributed by atoms with van der Waals surface area (Å²) >= 11 is 3.68. The van der Waals surface area contributed by atoms with Gasteiger partial charge < -0.3 is 4.57 Å². The molecule has 3 rings (SSSR count). The van der Waals surface area contributed by atoms with Gasteiger partial charge in [-0.2, -0.15) is 5.10 Å². The first kappa shape index (κ1) is 19.0. The smallest absolute Gasteiger partial charge is 0.271 e. The third-order valence-corrected chi connectivity index (χ3v) is 5.58. The minimum Gasteiger partial charge on any atom is -0.316 e. The minimum atomic E-state index is -0.270. The van der Waals surface area contributed by atoms with Crippen LogP contribution >= 0.6 is 15.9 Å². The van der Waals surface area contributed by atoms with Gasteiger partial charge in [0.15, 0.2) is 0 Å². The van der Waals surface area contributed by atoms with Crippen molar-refractivity contribution >= 4 is 28.1 Å². The van der Waals surface area contributed by atoms with E-state index in [-0.39, 0.29) is 5.91 Å². The van der Waals surface area contributed by atoms with Crippen molar-refractivity contribution in [2.75, 3.05) is 0 Å². The number of halogens is 1. The summed E-state index contributed by atoms with van der Waals surface area (Å²) in [5.74, 6) is -0.270. The van der Waals surface area contributed by atoms with Gasteiger partial charge in [-0.15, -0.1) is 0 Å². The molecule has 0 saturated carbocycles. The van der Waals surface area contributed by atoms with Crippen molar-refractivity contribution in [3.63, 3.8) is 0 Å². The van der Waals surface area contributed by atoms with Crippen LogP contribution < -0.4 is 5.43 Å². The molecule has 5 nitrogen and oxygen atoms in total. The van der Waals surface area contributed by atoms with Gasteiger partial charge in [0.2, 0.25) is 0 Å². The molecule has 1 N–H and O–H groups in total. The molecule has 0 fully saturated rings. The zero-order valence-electron chi connectivity index (χ0n) is 15.7. The molecule has 0 aliphatic heterocycles. The summed E-state index contributed by atoms with van der Waals surface area (Å²) in [6, 6.07) is 9.57. The topological polar surface area (TPSA) is 59.3 Å². The fraction of sp³-hybridized carbons (Fsp3) is 0.190. The Bertz CT molecular complexity index is 1000. The van der Waals surface area contributed by atoms with Crippen LogP contribution in [-0.4, -0.2) is 21.7 Å². The highest BCUT2D eigenvalue weighted by atomic mass is 79.9. The molecule has 0 unspecified atom stereocenters. The van der Waals surface area contributed by atoms with Gasteiger partial charge in [-0.25, -0.2) is 5.43 Å². The number of benzene rings is 1. The molecular formula is C21H21BrN4O. The fourth-order valence-electron chi connectivity index (χ4n) is 3.19. The van der Waals surface area contributed by atoms with E-state index in [0.29, 0.717) is 5.56 Å². The van der Waals surface area contributed by atoms with Crippen LogP contribution in [0.3, 0.4) is 0 Å². The first-order valence-electron chi connectivity index (χ1n) is 8.59. The van der Waals surface area contributed by atoms with Gasteiger partial charge in [0.05, 0.1) is 11.9 Å². The summed E-state index contributed by atoms with van der Waals surface area (Å²) in [6.07, 6.45) is 4.83. The quantitative estimate of drug-likeness (QED) is 0.490. The highest BCUT2D eigenvalue weighted by Gasteiger charge is 2.18. The maximum Gasteiger partial charge on any atom is 0.271 e. The van der Waals surface area contributed by atoms with Gasteiger partial charge in [-0.1, -0.05) is 18.2 Å². The van der Waals surface area contributed by atoms with Gasteiger partial charge in [-0.05, 0) is 66.9 Å². The van der Waals surface area contributed by atoms with Crippen LogP contribution in [0.2, 0.25) is 0 Å². The maximum atomic E-state index is 12.1. The third-order valence-electron chi connectivity index (χ3n) is 4.58. The number of aromatic nitrogens is 2. The second-order valence-electron chi connectivity index (χ2n) is 6.41. The van der Waals surface area contributed by atoms with Gasteiger partial charge in [0.25, 0.3) is 5.91 Å². The molecule has 0 saturated heterocycles. The van der Waals surface area contributed by atoms with Gasteiger partial charge in [0.1, 0.15) is 0 Å². The summed E-state index contributed by atoms with van der Waals surface area (Å²) in [6.45, 7) is 8.33. The molecule has 0 bridgehead atoms. The Labute approximate surface area is 167 Å². The van der Waals surface area contributed by atoms with Gasteiger partial charge in [0, 0.05) is 39.4 Å². The monoisotopic (exact) mass is 424 g/mol. The van der Waals surface area contributed by atoms with E-state index in [2.05, 4.69) is 81.9 Å². The number of hydrazone groups is 1. The normalized spacial score (nSPS) is 11.1. The summed E-state index contributed by atoms with van der Waals surface area (Å²) in [5, 5.41) is 4.14. The predicted octanol–water partition coefficient (Wildman–Crippen LogP) is 4.63. The van der Waals surface area contributed by atoms with Crippen molar-refractivity contribution < 1.29 is 4.79 Å². The molecule has 0 radical (unpaired) electrons. The molecule has 1 aromatic carbocycles. The van der Waals surface area contributed by atoms with E-state index >= 15 is 0 Å². The van der Waals surface area contributed by atoms with E-state index in [1.165, 1.54) is 16.8 Å². The average molecular weight is 425 g/mol. The summed E-state index contributed by atoms with van der Waals surface area (Å²) in [7, 11) is 0. The SMILES string of the molecule is Cc1cccc(C)c1-n1c(C)c(Br)c(/C=N\NC(=O)c2ccncc2)c1C. The standard InChI is InChI=1S/C21H21BrN4O/c1-13-6-5-7-14(2)20(13)26-15(3)18(19(22)16(26)4)12-24-25-21(27)17-8-10-23-11-9-17/h5-12H,1-4H3,(H,25,27)/b24-12-. The zero-order chi connectivity index (χ0) is 19.6. The Morgan fingerprint density at radius 2 is 1.70 bits per heavy atom. The van der Waals surface area contributed by atoms with E-state index in [9.17, 15) is 4.79 Å². The summed E-state index contributed by atoms with van der Waals surface area (Å²) < 4.78 is 3.19. The highest BCUT2D eigenvalue weighted by molar-refractivity contribution is 9.10. The van der Waals surface area contributed by atoms with E-state index in [1.807, 2.05) is 0 Å². The van der Waals surface area contributed by atoms with Crippen LogP contribution in [0.15, 0.2) is 52.3 Å². The van der Waals surface area contributed by atoms with Crippen molar-refractivity contribution in [2.24, 2.45) is 5.10 Å². The van der Waals surface area contributed by atoms with Crippen LogP contribution in [-0.2, 0) is 0 Å². The number of pyridine rings is 1. The van der Waals surface area contributed by atoms with Crippen LogP contribution in [0.25, 0.3) is 5.69 Å². The molecule has 0 spiro atoms.